The first-order chi connectivity index (χ1) is 8.83. The monoisotopic (exact) mass is 270 g/mol. The van der Waals surface area contributed by atoms with Crippen LogP contribution in [0.4, 0.5) is 4.79 Å². The van der Waals surface area contributed by atoms with Crippen LogP contribution in [0, 0.1) is 0 Å². The van der Waals surface area contributed by atoms with Gasteiger partial charge in [-0.3, -0.25) is 4.90 Å². The minimum Gasteiger partial charge on any atom is -0.444 e. The normalized spacial score (nSPS) is 21.5. The summed E-state index contributed by atoms with van der Waals surface area (Å²) in [6.07, 6.45) is 3.63. The highest BCUT2D eigenvalue weighted by molar-refractivity contribution is 5.68. The Bertz CT molecular complexity index is 286. The van der Waals surface area contributed by atoms with Gasteiger partial charge in [-0.25, -0.2) is 4.79 Å². The Morgan fingerprint density at radius 1 is 1.26 bits per heavy atom. The molecule has 1 heterocycles. The zero-order valence-electron chi connectivity index (χ0n) is 13.2. The van der Waals surface area contributed by atoms with Gasteiger partial charge in [0.25, 0.3) is 0 Å². The van der Waals surface area contributed by atoms with Gasteiger partial charge in [0, 0.05) is 25.7 Å². The molecule has 1 unspecified atom stereocenters. The van der Waals surface area contributed by atoms with Gasteiger partial charge in [0.05, 0.1) is 0 Å². The second-order valence-corrected chi connectivity index (χ2v) is 6.52. The molecule has 1 fully saturated rings. The van der Waals surface area contributed by atoms with Gasteiger partial charge < -0.3 is 9.64 Å². The van der Waals surface area contributed by atoms with Crippen molar-refractivity contribution in [3.8, 4) is 0 Å². The molecule has 0 aromatic carbocycles. The van der Waals surface area contributed by atoms with Crippen molar-refractivity contribution in [1.82, 2.24) is 9.80 Å². The van der Waals surface area contributed by atoms with Crippen LogP contribution in [-0.2, 0) is 4.74 Å². The molecule has 1 rings (SSSR count). The van der Waals surface area contributed by atoms with Crippen LogP contribution < -0.4 is 0 Å². The fraction of sp³-hybridized carbons (Fsp3) is 0.933. The molecular formula is C15H30N2O2. The van der Waals surface area contributed by atoms with Gasteiger partial charge in [0.1, 0.15) is 5.60 Å². The second kappa shape index (κ2) is 7.13. The average Bonchev–Trinajstić information content (AvgIpc) is 2.29. The highest BCUT2D eigenvalue weighted by atomic mass is 16.6. The van der Waals surface area contributed by atoms with Crippen molar-refractivity contribution >= 4 is 6.09 Å². The third-order valence-electron chi connectivity index (χ3n) is 3.47. The maximum absolute atomic E-state index is 12.0. The lowest BCUT2D eigenvalue weighted by Crippen LogP contribution is -2.54. The van der Waals surface area contributed by atoms with Crippen LogP contribution in [0.5, 0.6) is 0 Å². The fourth-order valence-electron chi connectivity index (χ4n) is 2.38. The quantitative estimate of drug-likeness (QED) is 0.736. The third kappa shape index (κ3) is 5.81. The van der Waals surface area contributed by atoms with E-state index in [4.69, 9.17) is 4.74 Å². The highest BCUT2D eigenvalue weighted by Crippen LogP contribution is 2.15. The summed E-state index contributed by atoms with van der Waals surface area (Å²) in [5.41, 5.74) is -0.404. The number of ether oxygens (including phenoxy) is 1. The maximum Gasteiger partial charge on any atom is 0.410 e. The van der Waals surface area contributed by atoms with Crippen molar-refractivity contribution in [3.05, 3.63) is 0 Å². The summed E-state index contributed by atoms with van der Waals surface area (Å²) < 4.78 is 5.43. The summed E-state index contributed by atoms with van der Waals surface area (Å²) in [4.78, 5) is 16.3. The molecule has 112 valence electrons. The van der Waals surface area contributed by atoms with Crippen molar-refractivity contribution < 1.29 is 9.53 Å². The maximum atomic E-state index is 12.0. The van der Waals surface area contributed by atoms with Gasteiger partial charge in [-0.05, 0) is 40.7 Å². The van der Waals surface area contributed by atoms with Crippen molar-refractivity contribution in [2.45, 2.75) is 65.5 Å². The van der Waals surface area contributed by atoms with E-state index in [1.165, 1.54) is 19.3 Å². The largest absolute Gasteiger partial charge is 0.444 e. The van der Waals surface area contributed by atoms with Crippen LogP contribution >= 0.6 is 0 Å². The molecule has 0 radical (unpaired) electrons. The van der Waals surface area contributed by atoms with Crippen LogP contribution in [0.1, 0.15) is 53.9 Å². The molecule has 0 saturated carbocycles. The minimum absolute atomic E-state index is 0.174. The molecule has 0 aliphatic carbocycles. The molecule has 0 N–H and O–H groups in total. The number of amides is 1. The Kier molecular flexibility index (Phi) is 6.11. The lowest BCUT2D eigenvalue weighted by Gasteiger charge is -2.40. The lowest BCUT2D eigenvalue weighted by atomic mass is 10.1. The number of carbonyl (C=O) groups is 1. The molecule has 0 bridgehead atoms. The summed E-state index contributed by atoms with van der Waals surface area (Å²) in [5, 5.41) is 0. The highest BCUT2D eigenvalue weighted by Gasteiger charge is 2.29. The molecule has 1 saturated heterocycles. The fourth-order valence-corrected chi connectivity index (χ4v) is 2.38. The summed E-state index contributed by atoms with van der Waals surface area (Å²) in [6, 6.07) is 0.429. The summed E-state index contributed by atoms with van der Waals surface area (Å²) in [6.45, 7) is 13.8. The predicted octanol–water partition coefficient (Wildman–Crippen LogP) is 3.12. The van der Waals surface area contributed by atoms with E-state index < -0.39 is 5.60 Å². The molecule has 1 aliphatic heterocycles. The van der Waals surface area contributed by atoms with E-state index >= 15 is 0 Å². The molecule has 0 aromatic rings. The van der Waals surface area contributed by atoms with Crippen molar-refractivity contribution in [1.29, 1.82) is 0 Å². The van der Waals surface area contributed by atoms with Gasteiger partial charge in [0.2, 0.25) is 0 Å². The van der Waals surface area contributed by atoms with Crippen LogP contribution in [0.3, 0.4) is 0 Å². The topological polar surface area (TPSA) is 32.8 Å². The standard InChI is InChI=1S/C15H30N2O2/c1-6-7-8-9-16-10-11-17(12-13(16)2)14(18)19-15(3,4)5/h13H,6-12H2,1-5H3. The Hall–Kier alpha value is -0.770. The van der Waals surface area contributed by atoms with E-state index in [9.17, 15) is 4.79 Å². The van der Waals surface area contributed by atoms with Gasteiger partial charge in [0.15, 0.2) is 0 Å². The van der Waals surface area contributed by atoms with Crippen molar-refractivity contribution in [3.63, 3.8) is 0 Å². The van der Waals surface area contributed by atoms with Crippen LogP contribution in [0.2, 0.25) is 0 Å². The van der Waals surface area contributed by atoms with E-state index in [0.717, 1.165) is 26.2 Å². The number of hydrogen-bond acceptors (Lipinski definition) is 3. The minimum atomic E-state index is -0.404. The van der Waals surface area contributed by atoms with E-state index in [-0.39, 0.29) is 6.09 Å². The third-order valence-corrected chi connectivity index (χ3v) is 3.47. The first kappa shape index (κ1) is 16.3. The summed E-state index contributed by atoms with van der Waals surface area (Å²) in [7, 11) is 0. The number of piperazine rings is 1. The van der Waals surface area contributed by atoms with Crippen molar-refractivity contribution in [2.75, 3.05) is 26.2 Å². The zero-order chi connectivity index (χ0) is 14.5. The predicted molar refractivity (Wildman–Crippen MR) is 78.4 cm³/mol. The van der Waals surface area contributed by atoms with Gasteiger partial charge in [-0.1, -0.05) is 19.8 Å². The van der Waals surface area contributed by atoms with Gasteiger partial charge in [-0.2, -0.15) is 0 Å². The molecule has 1 amide bonds. The molecule has 19 heavy (non-hydrogen) atoms. The Morgan fingerprint density at radius 2 is 1.95 bits per heavy atom. The molecule has 0 spiro atoms. The summed E-state index contributed by atoms with van der Waals surface area (Å²) in [5.74, 6) is 0. The first-order valence-corrected chi connectivity index (χ1v) is 7.55. The van der Waals surface area contributed by atoms with E-state index in [1.807, 2.05) is 25.7 Å². The zero-order valence-corrected chi connectivity index (χ0v) is 13.2. The smallest absolute Gasteiger partial charge is 0.410 e. The molecular weight excluding hydrogens is 240 g/mol. The molecule has 0 aromatic heterocycles. The lowest BCUT2D eigenvalue weighted by molar-refractivity contribution is 0.00562. The van der Waals surface area contributed by atoms with E-state index in [1.54, 1.807) is 0 Å². The summed E-state index contributed by atoms with van der Waals surface area (Å²) >= 11 is 0. The number of carbonyl (C=O) groups excluding carboxylic acids is 1. The second-order valence-electron chi connectivity index (χ2n) is 6.52. The van der Waals surface area contributed by atoms with E-state index in [2.05, 4.69) is 18.7 Å². The molecule has 4 nitrogen and oxygen atoms in total. The van der Waals surface area contributed by atoms with Crippen molar-refractivity contribution in [2.24, 2.45) is 0 Å². The van der Waals surface area contributed by atoms with Gasteiger partial charge in [-0.15, -0.1) is 0 Å². The Morgan fingerprint density at radius 3 is 2.47 bits per heavy atom. The Labute approximate surface area is 118 Å². The number of rotatable bonds is 4. The van der Waals surface area contributed by atoms with E-state index in [0.29, 0.717) is 6.04 Å². The van der Waals surface area contributed by atoms with Crippen LogP contribution in [0.25, 0.3) is 0 Å². The van der Waals surface area contributed by atoms with Crippen LogP contribution in [-0.4, -0.2) is 53.7 Å². The Balaban J connectivity index is 2.38. The number of hydrogen-bond donors (Lipinski definition) is 0. The first-order valence-electron chi connectivity index (χ1n) is 7.55. The molecule has 1 atom stereocenters. The molecule has 1 aliphatic rings. The number of unbranched alkanes of at least 4 members (excludes halogenated alkanes) is 2. The van der Waals surface area contributed by atoms with Crippen LogP contribution in [0.15, 0.2) is 0 Å². The number of nitrogens with zero attached hydrogens (tertiary/aromatic N) is 2. The molecule has 4 heteroatoms. The average molecular weight is 270 g/mol. The SMILES string of the molecule is CCCCCN1CCN(C(=O)OC(C)(C)C)CC1C. The van der Waals surface area contributed by atoms with Gasteiger partial charge >= 0.3 is 6.09 Å².